The molecule has 0 aromatic heterocycles. The molecule has 0 amide bonds. The Labute approximate surface area is 63.8 Å². The van der Waals surface area contributed by atoms with Gasteiger partial charge in [0.15, 0.2) is 0 Å². The van der Waals surface area contributed by atoms with Gasteiger partial charge in [0.05, 0.1) is 5.60 Å². The molecule has 60 valence electrons. The Morgan fingerprint density at radius 2 is 2.20 bits per heavy atom. The molecule has 1 atom stereocenters. The Kier molecular flexibility index (Phi) is 4.37. The average molecular weight is 142 g/mol. The van der Waals surface area contributed by atoms with Crippen LogP contribution >= 0.6 is 0 Å². The summed E-state index contributed by atoms with van der Waals surface area (Å²) >= 11 is 0. The van der Waals surface area contributed by atoms with E-state index in [0.717, 1.165) is 19.3 Å². The first-order valence-electron chi connectivity index (χ1n) is 3.95. The quantitative estimate of drug-likeness (QED) is 0.585. The monoisotopic (exact) mass is 142 g/mol. The standard InChI is InChI=1S/C9H18O/c1-4-6-8-9(3,10)7-5-2/h5,10H,2,4,6-8H2,1,3H3/t9-/m1/s1. The lowest BCUT2D eigenvalue weighted by Crippen LogP contribution is -2.22. The van der Waals surface area contributed by atoms with Gasteiger partial charge in [-0.1, -0.05) is 25.8 Å². The normalized spacial score (nSPS) is 16.3. The van der Waals surface area contributed by atoms with Crippen molar-refractivity contribution in [2.45, 2.75) is 45.1 Å². The molecule has 0 aliphatic rings. The van der Waals surface area contributed by atoms with Gasteiger partial charge in [-0.15, -0.1) is 6.58 Å². The lowest BCUT2D eigenvalue weighted by Gasteiger charge is -2.20. The molecule has 0 spiro atoms. The molecule has 0 rings (SSSR count). The number of rotatable bonds is 5. The third-order valence-electron chi connectivity index (χ3n) is 1.65. The first-order valence-corrected chi connectivity index (χ1v) is 3.95. The van der Waals surface area contributed by atoms with E-state index in [1.807, 2.05) is 6.92 Å². The maximum Gasteiger partial charge on any atom is 0.0653 e. The van der Waals surface area contributed by atoms with Gasteiger partial charge in [-0.25, -0.2) is 0 Å². The van der Waals surface area contributed by atoms with Crippen LogP contribution in [0.25, 0.3) is 0 Å². The molecule has 1 N–H and O–H groups in total. The predicted molar refractivity (Wildman–Crippen MR) is 45.0 cm³/mol. The van der Waals surface area contributed by atoms with E-state index in [9.17, 15) is 5.11 Å². The molecule has 1 nitrogen and oxygen atoms in total. The van der Waals surface area contributed by atoms with E-state index in [2.05, 4.69) is 13.5 Å². The molecular formula is C9H18O. The van der Waals surface area contributed by atoms with E-state index in [1.165, 1.54) is 0 Å². The molecule has 0 aromatic carbocycles. The first kappa shape index (κ1) is 9.70. The summed E-state index contributed by atoms with van der Waals surface area (Å²) in [5.41, 5.74) is -0.516. The molecule has 0 unspecified atom stereocenters. The zero-order chi connectivity index (χ0) is 8.04. The largest absolute Gasteiger partial charge is 0.390 e. The third kappa shape index (κ3) is 4.57. The Balaban J connectivity index is 3.51. The summed E-state index contributed by atoms with van der Waals surface area (Å²) in [5.74, 6) is 0. The number of aliphatic hydroxyl groups is 1. The van der Waals surface area contributed by atoms with Crippen LogP contribution in [0.15, 0.2) is 12.7 Å². The lowest BCUT2D eigenvalue weighted by atomic mass is 9.96. The van der Waals surface area contributed by atoms with Gasteiger partial charge in [-0.05, 0) is 19.8 Å². The SMILES string of the molecule is C=CC[C@@](C)(O)CCCC. The summed E-state index contributed by atoms with van der Waals surface area (Å²) in [4.78, 5) is 0. The van der Waals surface area contributed by atoms with E-state index in [4.69, 9.17) is 0 Å². The average Bonchev–Trinajstić information content (AvgIpc) is 1.84. The van der Waals surface area contributed by atoms with Crippen LogP contribution in [-0.2, 0) is 0 Å². The highest BCUT2D eigenvalue weighted by Gasteiger charge is 2.16. The van der Waals surface area contributed by atoms with E-state index >= 15 is 0 Å². The fourth-order valence-electron chi connectivity index (χ4n) is 0.971. The number of hydrogen-bond donors (Lipinski definition) is 1. The fraction of sp³-hybridized carbons (Fsp3) is 0.778. The summed E-state index contributed by atoms with van der Waals surface area (Å²) in [6.07, 6.45) is 5.60. The van der Waals surface area contributed by atoms with E-state index in [0.29, 0.717) is 6.42 Å². The summed E-state index contributed by atoms with van der Waals surface area (Å²) in [5, 5.41) is 9.57. The van der Waals surface area contributed by atoms with Gasteiger partial charge in [0, 0.05) is 0 Å². The van der Waals surface area contributed by atoms with Crippen molar-refractivity contribution in [3.05, 3.63) is 12.7 Å². The Morgan fingerprint density at radius 3 is 2.60 bits per heavy atom. The van der Waals surface area contributed by atoms with Gasteiger partial charge in [0.25, 0.3) is 0 Å². The highest BCUT2D eigenvalue weighted by molar-refractivity contribution is 4.82. The van der Waals surface area contributed by atoms with Crippen molar-refractivity contribution in [1.29, 1.82) is 0 Å². The van der Waals surface area contributed by atoms with Crippen molar-refractivity contribution in [3.8, 4) is 0 Å². The summed E-state index contributed by atoms with van der Waals surface area (Å²) in [6.45, 7) is 7.59. The third-order valence-corrected chi connectivity index (χ3v) is 1.65. The summed E-state index contributed by atoms with van der Waals surface area (Å²) in [6, 6.07) is 0. The van der Waals surface area contributed by atoms with Crippen LogP contribution in [0.3, 0.4) is 0 Å². The van der Waals surface area contributed by atoms with Crippen LogP contribution in [0, 0.1) is 0 Å². The molecular weight excluding hydrogens is 124 g/mol. The highest BCUT2D eigenvalue weighted by Crippen LogP contribution is 2.17. The van der Waals surface area contributed by atoms with Crippen LogP contribution in [0.5, 0.6) is 0 Å². The minimum absolute atomic E-state index is 0.516. The van der Waals surface area contributed by atoms with Gasteiger partial charge in [0.2, 0.25) is 0 Å². The maximum atomic E-state index is 9.57. The van der Waals surface area contributed by atoms with Crippen molar-refractivity contribution in [2.75, 3.05) is 0 Å². The second-order valence-electron chi connectivity index (χ2n) is 3.09. The fourth-order valence-corrected chi connectivity index (χ4v) is 0.971. The molecule has 0 radical (unpaired) electrons. The summed E-state index contributed by atoms with van der Waals surface area (Å²) in [7, 11) is 0. The second kappa shape index (κ2) is 4.51. The van der Waals surface area contributed by atoms with Crippen molar-refractivity contribution >= 4 is 0 Å². The smallest absolute Gasteiger partial charge is 0.0653 e. The van der Waals surface area contributed by atoms with E-state index in [-0.39, 0.29) is 0 Å². The molecule has 0 fully saturated rings. The zero-order valence-electron chi connectivity index (χ0n) is 7.06. The van der Waals surface area contributed by atoms with Crippen LogP contribution in [0.4, 0.5) is 0 Å². The van der Waals surface area contributed by atoms with Crippen LogP contribution < -0.4 is 0 Å². The van der Waals surface area contributed by atoms with Gasteiger partial charge in [-0.2, -0.15) is 0 Å². The van der Waals surface area contributed by atoms with Gasteiger partial charge >= 0.3 is 0 Å². The van der Waals surface area contributed by atoms with E-state index in [1.54, 1.807) is 6.08 Å². The topological polar surface area (TPSA) is 20.2 Å². The minimum atomic E-state index is -0.516. The van der Waals surface area contributed by atoms with E-state index < -0.39 is 5.60 Å². The molecule has 0 aliphatic carbocycles. The molecule has 0 heterocycles. The molecule has 1 heteroatoms. The maximum absolute atomic E-state index is 9.57. The Hall–Kier alpha value is -0.300. The Morgan fingerprint density at radius 1 is 1.60 bits per heavy atom. The van der Waals surface area contributed by atoms with Crippen molar-refractivity contribution in [2.24, 2.45) is 0 Å². The van der Waals surface area contributed by atoms with Crippen LogP contribution in [-0.4, -0.2) is 10.7 Å². The molecule has 0 saturated carbocycles. The van der Waals surface area contributed by atoms with Gasteiger partial charge < -0.3 is 5.11 Å². The van der Waals surface area contributed by atoms with Gasteiger partial charge in [-0.3, -0.25) is 0 Å². The number of hydrogen-bond acceptors (Lipinski definition) is 1. The highest BCUT2D eigenvalue weighted by atomic mass is 16.3. The number of unbranched alkanes of at least 4 members (excludes halogenated alkanes) is 1. The van der Waals surface area contributed by atoms with Crippen molar-refractivity contribution in [1.82, 2.24) is 0 Å². The molecule has 0 aromatic rings. The van der Waals surface area contributed by atoms with Crippen molar-refractivity contribution in [3.63, 3.8) is 0 Å². The van der Waals surface area contributed by atoms with Gasteiger partial charge in [0.1, 0.15) is 0 Å². The molecule has 10 heavy (non-hydrogen) atoms. The van der Waals surface area contributed by atoms with Crippen LogP contribution in [0.2, 0.25) is 0 Å². The first-order chi connectivity index (χ1) is 4.62. The second-order valence-corrected chi connectivity index (χ2v) is 3.09. The lowest BCUT2D eigenvalue weighted by molar-refractivity contribution is 0.0518. The Bertz CT molecular complexity index is 94.9. The van der Waals surface area contributed by atoms with Crippen molar-refractivity contribution < 1.29 is 5.11 Å². The molecule has 0 saturated heterocycles. The molecule has 0 bridgehead atoms. The predicted octanol–water partition coefficient (Wildman–Crippen LogP) is 2.50. The zero-order valence-corrected chi connectivity index (χ0v) is 7.06. The minimum Gasteiger partial charge on any atom is -0.390 e. The summed E-state index contributed by atoms with van der Waals surface area (Å²) < 4.78 is 0. The molecule has 0 aliphatic heterocycles. The van der Waals surface area contributed by atoms with Crippen LogP contribution in [0.1, 0.15) is 39.5 Å².